The number of amides is 1. The Morgan fingerprint density at radius 2 is 2.20 bits per heavy atom. The Morgan fingerprint density at radius 1 is 1.45 bits per heavy atom. The summed E-state index contributed by atoms with van der Waals surface area (Å²) in [6, 6.07) is 6.86. The van der Waals surface area contributed by atoms with Gasteiger partial charge in [0.25, 0.3) is 5.91 Å². The number of Topliss-reactive ketones (excluding diaryl/α,β-unsaturated/α-hetero) is 1. The lowest BCUT2D eigenvalue weighted by atomic mass is 10.1. The predicted molar refractivity (Wildman–Crippen MR) is 75.7 cm³/mol. The Bertz CT molecular complexity index is 498. The lowest BCUT2D eigenvalue weighted by molar-refractivity contribution is -0.123. The molecule has 1 aliphatic rings. The van der Waals surface area contributed by atoms with Crippen molar-refractivity contribution >= 4 is 11.7 Å². The highest BCUT2D eigenvalue weighted by atomic mass is 16.5. The molecule has 1 aromatic carbocycles. The van der Waals surface area contributed by atoms with Crippen LogP contribution < -0.4 is 15.8 Å². The number of nitrogens with one attached hydrogen (secondary N) is 1. The van der Waals surface area contributed by atoms with Crippen LogP contribution in [0.1, 0.15) is 30.1 Å². The predicted octanol–water partition coefficient (Wildman–Crippen LogP) is 1.12. The van der Waals surface area contributed by atoms with Gasteiger partial charge in [0.1, 0.15) is 5.75 Å². The van der Waals surface area contributed by atoms with Crippen molar-refractivity contribution < 1.29 is 14.3 Å². The molecule has 5 heteroatoms. The maximum atomic E-state index is 11.8. The molecule has 0 aromatic heterocycles. The molecule has 0 radical (unpaired) electrons. The van der Waals surface area contributed by atoms with E-state index in [2.05, 4.69) is 5.32 Å². The first-order valence-electron chi connectivity index (χ1n) is 6.83. The second-order valence-electron chi connectivity index (χ2n) is 5.12. The first-order chi connectivity index (χ1) is 9.60. The molecule has 1 atom stereocenters. The van der Waals surface area contributed by atoms with E-state index in [1.165, 1.54) is 6.92 Å². The number of hydrogen-bond donors (Lipinski definition) is 2. The first-order valence-corrected chi connectivity index (χ1v) is 6.83. The Labute approximate surface area is 118 Å². The lowest BCUT2D eigenvalue weighted by Gasteiger charge is -2.16. The Balaban J connectivity index is 1.83. The van der Waals surface area contributed by atoms with E-state index in [1.54, 1.807) is 24.3 Å². The number of carbonyl (C=O) groups is 2. The fourth-order valence-electron chi connectivity index (χ4n) is 2.07. The Morgan fingerprint density at radius 3 is 2.80 bits per heavy atom. The summed E-state index contributed by atoms with van der Waals surface area (Å²) in [4.78, 5) is 23.0. The van der Waals surface area contributed by atoms with Crippen molar-refractivity contribution in [1.29, 1.82) is 0 Å². The number of hydrogen-bond acceptors (Lipinski definition) is 4. The normalized spacial score (nSPS) is 15.5. The zero-order chi connectivity index (χ0) is 14.5. The van der Waals surface area contributed by atoms with Crippen molar-refractivity contribution in [1.82, 2.24) is 5.32 Å². The molecule has 1 saturated carbocycles. The highest BCUT2D eigenvalue weighted by Crippen LogP contribution is 2.32. The molecule has 1 fully saturated rings. The quantitative estimate of drug-likeness (QED) is 0.731. The van der Waals surface area contributed by atoms with Crippen LogP contribution in [0.5, 0.6) is 5.75 Å². The summed E-state index contributed by atoms with van der Waals surface area (Å²) < 4.78 is 5.40. The van der Waals surface area contributed by atoms with Gasteiger partial charge < -0.3 is 15.8 Å². The van der Waals surface area contributed by atoms with Gasteiger partial charge >= 0.3 is 0 Å². The Hall–Kier alpha value is -1.88. The first kappa shape index (κ1) is 14.5. The van der Waals surface area contributed by atoms with Gasteiger partial charge in [0.15, 0.2) is 12.4 Å². The van der Waals surface area contributed by atoms with E-state index in [9.17, 15) is 9.59 Å². The molecule has 1 unspecified atom stereocenters. The highest BCUT2D eigenvalue weighted by molar-refractivity contribution is 5.94. The summed E-state index contributed by atoms with van der Waals surface area (Å²) in [5.74, 6) is 0.825. The van der Waals surface area contributed by atoms with Crippen LogP contribution in [0.2, 0.25) is 0 Å². The third-order valence-corrected chi connectivity index (χ3v) is 3.40. The van der Waals surface area contributed by atoms with E-state index in [0.29, 0.717) is 23.8 Å². The smallest absolute Gasteiger partial charge is 0.258 e. The van der Waals surface area contributed by atoms with Crippen molar-refractivity contribution in [2.75, 3.05) is 13.2 Å². The molecular formula is C15H20N2O3. The molecule has 5 nitrogen and oxygen atoms in total. The van der Waals surface area contributed by atoms with Crippen molar-refractivity contribution in [3.05, 3.63) is 29.8 Å². The topological polar surface area (TPSA) is 81.4 Å². The van der Waals surface area contributed by atoms with E-state index in [-0.39, 0.29) is 24.3 Å². The van der Waals surface area contributed by atoms with Gasteiger partial charge in [-0.15, -0.1) is 0 Å². The van der Waals surface area contributed by atoms with E-state index in [0.717, 1.165) is 12.8 Å². The highest BCUT2D eigenvalue weighted by Gasteiger charge is 2.31. The fraction of sp³-hybridized carbons (Fsp3) is 0.467. The van der Waals surface area contributed by atoms with Gasteiger partial charge in [0.05, 0.1) is 0 Å². The van der Waals surface area contributed by atoms with Crippen LogP contribution in [0.15, 0.2) is 24.3 Å². The molecule has 0 saturated heterocycles. The molecule has 0 aliphatic heterocycles. The van der Waals surface area contributed by atoms with Crippen LogP contribution in [0.25, 0.3) is 0 Å². The van der Waals surface area contributed by atoms with Gasteiger partial charge in [-0.05, 0) is 37.8 Å². The summed E-state index contributed by atoms with van der Waals surface area (Å²) in [5, 5.41) is 2.88. The van der Waals surface area contributed by atoms with E-state index < -0.39 is 0 Å². The minimum atomic E-state index is -0.180. The maximum Gasteiger partial charge on any atom is 0.258 e. The molecule has 1 aromatic rings. The maximum absolute atomic E-state index is 11.8. The van der Waals surface area contributed by atoms with E-state index >= 15 is 0 Å². The average Bonchev–Trinajstić information content (AvgIpc) is 3.27. The lowest BCUT2D eigenvalue weighted by Crippen LogP contribution is -2.43. The number of rotatable bonds is 7. The van der Waals surface area contributed by atoms with Gasteiger partial charge in [0.2, 0.25) is 0 Å². The van der Waals surface area contributed by atoms with Crippen molar-refractivity contribution in [3.8, 4) is 5.75 Å². The molecule has 1 amide bonds. The third-order valence-electron chi connectivity index (χ3n) is 3.40. The summed E-state index contributed by atoms with van der Waals surface area (Å²) >= 11 is 0. The van der Waals surface area contributed by atoms with Gasteiger partial charge in [-0.2, -0.15) is 0 Å². The van der Waals surface area contributed by atoms with Crippen LogP contribution in [-0.4, -0.2) is 30.9 Å². The number of nitrogens with two attached hydrogens (primary N) is 1. The fourth-order valence-corrected chi connectivity index (χ4v) is 2.07. The average molecular weight is 276 g/mol. The Kier molecular flexibility index (Phi) is 4.74. The van der Waals surface area contributed by atoms with Crippen molar-refractivity contribution in [2.45, 2.75) is 25.8 Å². The molecule has 0 bridgehead atoms. The number of carbonyl (C=O) groups excluding carboxylic acids is 2. The molecule has 3 N–H and O–H groups in total. The molecule has 0 spiro atoms. The van der Waals surface area contributed by atoms with Crippen molar-refractivity contribution in [3.63, 3.8) is 0 Å². The molecule has 108 valence electrons. The van der Waals surface area contributed by atoms with Crippen LogP contribution in [-0.2, 0) is 4.79 Å². The summed E-state index contributed by atoms with van der Waals surface area (Å²) in [6.45, 7) is 1.88. The SMILES string of the molecule is CC(=O)c1cccc(OCC(=O)NC(CN)C2CC2)c1. The van der Waals surface area contributed by atoms with Crippen LogP contribution in [0.4, 0.5) is 0 Å². The number of ketones is 1. The summed E-state index contributed by atoms with van der Waals surface area (Å²) in [6.07, 6.45) is 2.26. The number of benzene rings is 1. The molecular weight excluding hydrogens is 256 g/mol. The van der Waals surface area contributed by atoms with Gasteiger partial charge in [0, 0.05) is 18.2 Å². The zero-order valence-electron chi connectivity index (χ0n) is 11.6. The molecule has 1 aliphatic carbocycles. The van der Waals surface area contributed by atoms with Gasteiger partial charge in [-0.3, -0.25) is 9.59 Å². The monoisotopic (exact) mass is 276 g/mol. The minimum Gasteiger partial charge on any atom is -0.484 e. The van der Waals surface area contributed by atoms with Crippen LogP contribution >= 0.6 is 0 Å². The van der Waals surface area contributed by atoms with Gasteiger partial charge in [-0.1, -0.05) is 12.1 Å². The number of ether oxygens (including phenoxy) is 1. The van der Waals surface area contributed by atoms with E-state index in [1.807, 2.05) is 0 Å². The molecule has 20 heavy (non-hydrogen) atoms. The van der Waals surface area contributed by atoms with Crippen LogP contribution in [0.3, 0.4) is 0 Å². The second kappa shape index (κ2) is 6.52. The standard InChI is InChI=1S/C15H20N2O3/c1-10(18)12-3-2-4-13(7-12)20-9-15(19)17-14(8-16)11-5-6-11/h2-4,7,11,14H,5-6,8-9,16H2,1H3,(H,17,19). The summed E-state index contributed by atoms with van der Waals surface area (Å²) in [5.41, 5.74) is 6.20. The minimum absolute atomic E-state index is 0.0307. The summed E-state index contributed by atoms with van der Waals surface area (Å²) in [7, 11) is 0. The molecule has 2 rings (SSSR count). The second-order valence-corrected chi connectivity index (χ2v) is 5.12. The van der Waals surface area contributed by atoms with E-state index in [4.69, 9.17) is 10.5 Å². The van der Waals surface area contributed by atoms with Crippen LogP contribution in [0, 0.1) is 5.92 Å². The van der Waals surface area contributed by atoms with Crippen molar-refractivity contribution in [2.24, 2.45) is 11.7 Å². The third kappa shape index (κ3) is 4.06. The van der Waals surface area contributed by atoms with Gasteiger partial charge in [-0.25, -0.2) is 0 Å². The largest absolute Gasteiger partial charge is 0.484 e. The zero-order valence-corrected chi connectivity index (χ0v) is 11.6. The molecule has 0 heterocycles.